The number of carbonyl (C=O) groups is 2. The molecule has 2 amide bonds. The predicted octanol–water partition coefficient (Wildman–Crippen LogP) is -0.629. The fourth-order valence-corrected chi connectivity index (χ4v) is 2.10. The van der Waals surface area contributed by atoms with Gasteiger partial charge in [0.05, 0.1) is 5.75 Å². The molecule has 1 rings (SSSR count). The third-order valence-corrected chi connectivity index (χ3v) is 3.03. The van der Waals surface area contributed by atoms with Gasteiger partial charge in [-0.1, -0.05) is 0 Å². The maximum Gasteiger partial charge on any atom is 0.243 e. The first-order chi connectivity index (χ1) is 7.24. The monoisotopic (exact) mass is 232 g/mol. The van der Waals surface area contributed by atoms with Crippen LogP contribution in [0.1, 0.15) is 6.42 Å². The van der Waals surface area contributed by atoms with E-state index in [2.05, 4.69) is 10.6 Å². The Labute approximate surface area is 93.3 Å². The Hall–Kier alpha value is -0.750. The Morgan fingerprint density at radius 2 is 2.53 bits per heavy atom. The van der Waals surface area contributed by atoms with E-state index in [1.807, 2.05) is 0 Å². The summed E-state index contributed by atoms with van der Waals surface area (Å²) in [5.74, 6) is 0.935. The van der Waals surface area contributed by atoms with Crippen LogP contribution in [0.3, 0.4) is 0 Å². The van der Waals surface area contributed by atoms with E-state index in [9.17, 15) is 9.59 Å². The van der Waals surface area contributed by atoms with Crippen LogP contribution in [-0.2, 0) is 14.3 Å². The number of carbonyl (C=O) groups excluding carboxylic acids is 2. The molecule has 1 unspecified atom stereocenters. The van der Waals surface area contributed by atoms with E-state index in [-0.39, 0.29) is 17.9 Å². The molecule has 1 fully saturated rings. The Balaban J connectivity index is 2.18. The smallest absolute Gasteiger partial charge is 0.243 e. The second-order valence-corrected chi connectivity index (χ2v) is 4.30. The topological polar surface area (TPSA) is 67.4 Å². The van der Waals surface area contributed by atoms with E-state index in [1.54, 1.807) is 7.11 Å². The maximum atomic E-state index is 11.5. The summed E-state index contributed by atoms with van der Waals surface area (Å²) in [5.41, 5.74) is 0. The van der Waals surface area contributed by atoms with Crippen molar-refractivity contribution < 1.29 is 14.3 Å². The molecule has 0 aromatic carbocycles. The molecule has 15 heavy (non-hydrogen) atoms. The molecule has 1 heterocycles. The Morgan fingerprint density at radius 3 is 3.20 bits per heavy atom. The fourth-order valence-electron chi connectivity index (χ4n) is 1.24. The molecule has 5 nitrogen and oxygen atoms in total. The van der Waals surface area contributed by atoms with Crippen LogP contribution in [0.2, 0.25) is 0 Å². The highest BCUT2D eigenvalue weighted by atomic mass is 32.2. The fraction of sp³-hybridized carbons (Fsp3) is 0.778. The molecule has 0 radical (unpaired) electrons. The zero-order chi connectivity index (χ0) is 11.1. The molecule has 2 N–H and O–H groups in total. The minimum atomic E-state index is -0.376. The first kappa shape index (κ1) is 12.3. The van der Waals surface area contributed by atoms with Crippen LogP contribution in [0.15, 0.2) is 0 Å². The van der Waals surface area contributed by atoms with Gasteiger partial charge in [0.1, 0.15) is 6.04 Å². The third-order valence-electron chi connectivity index (χ3n) is 1.99. The third kappa shape index (κ3) is 4.53. The maximum absolute atomic E-state index is 11.5. The molecule has 6 heteroatoms. The van der Waals surface area contributed by atoms with Crippen LogP contribution in [0.25, 0.3) is 0 Å². The SMILES string of the molecule is COCCCNC(=O)C1CSCC(=O)N1. The van der Waals surface area contributed by atoms with Gasteiger partial charge in [0.15, 0.2) is 0 Å². The van der Waals surface area contributed by atoms with Gasteiger partial charge >= 0.3 is 0 Å². The number of hydrogen-bond donors (Lipinski definition) is 2. The molecule has 0 saturated carbocycles. The summed E-state index contributed by atoms with van der Waals surface area (Å²) in [5, 5.41) is 5.41. The van der Waals surface area contributed by atoms with E-state index in [0.717, 1.165) is 6.42 Å². The highest BCUT2D eigenvalue weighted by molar-refractivity contribution is 8.00. The molecule has 0 aliphatic carbocycles. The summed E-state index contributed by atoms with van der Waals surface area (Å²) >= 11 is 1.49. The Kier molecular flexibility index (Phi) is 5.49. The van der Waals surface area contributed by atoms with E-state index in [0.29, 0.717) is 24.7 Å². The molecule has 0 aromatic rings. The molecule has 0 bridgehead atoms. The zero-order valence-corrected chi connectivity index (χ0v) is 9.56. The van der Waals surface area contributed by atoms with Crippen LogP contribution in [-0.4, -0.2) is 49.6 Å². The lowest BCUT2D eigenvalue weighted by Crippen LogP contribution is -2.51. The van der Waals surface area contributed by atoms with Gasteiger partial charge in [-0.05, 0) is 6.42 Å². The number of ether oxygens (including phenoxy) is 1. The standard InChI is InChI=1S/C9H16N2O3S/c1-14-4-2-3-10-9(13)7-5-15-6-8(12)11-7/h7H,2-6H2,1H3,(H,10,13)(H,11,12). The summed E-state index contributed by atoms with van der Waals surface area (Å²) < 4.78 is 4.86. The van der Waals surface area contributed by atoms with Gasteiger partial charge in [0.25, 0.3) is 0 Å². The number of hydrogen-bond acceptors (Lipinski definition) is 4. The summed E-state index contributed by atoms with van der Waals surface area (Å²) in [6.07, 6.45) is 0.788. The van der Waals surface area contributed by atoms with Crippen LogP contribution >= 0.6 is 11.8 Å². The van der Waals surface area contributed by atoms with Crippen molar-refractivity contribution in [1.29, 1.82) is 0 Å². The van der Waals surface area contributed by atoms with E-state index in [1.165, 1.54) is 11.8 Å². The van der Waals surface area contributed by atoms with Crippen molar-refractivity contribution >= 4 is 23.6 Å². The molecule has 1 saturated heterocycles. The lowest BCUT2D eigenvalue weighted by Gasteiger charge is -2.21. The summed E-state index contributed by atoms with van der Waals surface area (Å²) in [4.78, 5) is 22.5. The highest BCUT2D eigenvalue weighted by Gasteiger charge is 2.24. The van der Waals surface area contributed by atoms with E-state index < -0.39 is 0 Å². The van der Waals surface area contributed by atoms with Crippen molar-refractivity contribution in [3.8, 4) is 0 Å². The molecular weight excluding hydrogens is 216 g/mol. The van der Waals surface area contributed by atoms with Gasteiger partial charge < -0.3 is 15.4 Å². The molecule has 0 spiro atoms. The first-order valence-corrected chi connectivity index (χ1v) is 6.03. The second kappa shape index (κ2) is 6.68. The molecular formula is C9H16N2O3S. The van der Waals surface area contributed by atoms with E-state index >= 15 is 0 Å². The zero-order valence-electron chi connectivity index (χ0n) is 8.75. The quantitative estimate of drug-likeness (QED) is 0.619. The van der Waals surface area contributed by atoms with Crippen molar-refractivity contribution in [2.24, 2.45) is 0 Å². The average molecular weight is 232 g/mol. The first-order valence-electron chi connectivity index (χ1n) is 4.88. The van der Waals surface area contributed by atoms with Gasteiger partial charge in [-0.15, -0.1) is 11.8 Å². The Bertz CT molecular complexity index is 235. The van der Waals surface area contributed by atoms with Crippen molar-refractivity contribution in [1.82, 2.24) is 10.6 Å². The molecule has 1 aliphatic heterocycles. The predicted molar refractivity (Wildman–Crippen MR) is 58.8 cm³/mol. The van der Waals surface area contributed by atoms with Crippen molar-refractivity contribution in [2.45, 2.75) is 12.5 Å². The molecule has 1 atom stereocenters. The van der Waals surface area contributed by atoms with Crippen molar-refractivity contribution in [3.05, 3.63) is 0 Å². The van der Waals surface area contributed by atoms with Gasteiger partial charge in [-0.3, -0.25) is 9.59 Å². The second-order valence-electron chi connectivity index (χ2n) is 3.27. The van der Waals surface area contributed by atoms with Crippen molar-refractivity contribution in [2.75, 3.05) is 31.8 Å². The summed E-state index contributed by atoms with van der Waals surface area (Å²) in [6.45, 7) is 1.22. The minimum absolute atomic E-state index is 0.0664. The van der Waals surface area contributed by atoms with Gasteiger partial charge in [0, 0.05) is 26.0 Å². The summed E-state index contributed by atoms with van der Waals surface area (Å²) in [6, 6.07) is -0.376. The van der Waals surface area contributed by atoms with Gasteiger partial charge in [-0.2, -0.15) is 0 Å². The molecule has 0 aromatic heterocycles. The number of thioether (sulfide) groups is 1. The number of nitrogens with one attached hydrogen (secondary N) is 2. The summed E-state index contributed by atoms with van der Waals surface area (Å²) in [7, 11) is 1.62. The lowest BCUT2D eigenvalue weighted by molar-refractivity contribution is -0.127. The van der Waals surface area contributed by atoms with Crippen molar-refractivity contribution in [3.63, 3.8) is 0 Å². The average Bonchev–Trinajstić information content (AvgIpc) is 2.24. The van der Waals surface area contributed by atoms with E-state index in [4.69, 9.17) is 4.74 Å². The normalized spacial score (nSPS) is 20.9. The van der Waals surface area contributed by atoms with Gasteiger partial charge in [-0.25, -0.2) is 0 Å². The van der Waals surface area contributed by atoms with Gasteiger partial charge in [0.2, 0.25) is 11.8 Å². The van der Waals surface area contributed by atoms with Crippen LogP contribution < -0.4 is 10.6 Å². The number of rotatable bonds is 5. The number of methoxy groups -OCH3 is 1. The molecule has 86 valence electrons. The minimum Gasteiger partial charge on any atom is -0.385 e. The number of amides is 2. The van der Waals surface area contributed by atoms with Crippen LogP contribution in [0, 0.1) is 0 Å². The van der Waals surface area contributed by atoms with Crippen LogP contribution in [0.5, 0.6) is 0 Å². The lowest BCUT2D eigenvalue weighted by atomic mass is 10.3. The molecule has 1 aliphatic rings. The largest absolute Gasteiger partial charge is 0.385 e. The van der Waals surface area contributed by atoms with Crippen LogP contribution in [0.4, 0.5) is 0 Å². The highest BCUT2D eigenvalue weighted by Crippen LogP contribution is 2.08. The Morgan fingerprint density at radius 1 is 1.73 bits per heavy atom.